The van der Waals surface area contributed by atoms with E-state index in [1.807, 2.05) is 0 Å². The van der Waals surface area contributed by atoms with Crippen LogP contribution in [0.3, 0.4) is 0 Å². The van der Waals surface area contributed by atoms with Crippen LogP contribution in [0.1, 0.15) is 30.0 Å². The Morgan fingerprint density at radius 1 is 1.00 bits per heavy atom. The molecule has 4 heterocycles. The van der Waals surface area contributed by atoms with Crippen LogP contribution in [0.5, 0.6) is 0 Å². The number of alkyl halides is 3. The zero-order valence-corrected chi connectivity index (χ0v) is 22.2. The molecule has 2 aromatic carbocycles. The van der Waals surface area contributed by atoms with Gasteiger partial charge in [-0.1, -0.05) is 48.5 Å². The van der Waals surface area contributed by atoms with Crippen LogP contribution in [-0.4, -0.2) is 69.1 Å². The summed E-state index contributed by atoms with van der Waals surface area (Å²) in [5.74, 6) is -0.993. The Kier molecular flexibility index (Phi) is 7.01. The Morgan fingerprint density at radius 3 is 2.45 bits per heavy atom. The number of H-pyrrole nitrogens is 1. The van der Waals surface area contributed by atoms with Crippen molar-refractivity contribution in [3.63, 3.8) is 0 Å². The monoisotopic (exact) mass is 577 g/mol. The number of piperidine rings is 1. The van der Waals surface area contributed by atoms with E-state index in [9.17, 15) is 27.6 Å². The summed E-state index contributed by atoms with van der Waals surface area (Å²) in [6, 6.07) is 16.0. The molecule has 3 amide bonds. The van der Waals surface area contributed by atoms with Crippen molar-refractivity contribution in [2.45, 2.75) is 31.2 Å². The standard InChI is InChI=1S/C29H26F3N7O3/c30-29(31,32)17-38-22-9-5-4-8-20(22)24(18-6-2-1-3-7-18)35-25(26(38)40)36-27(41)37-14-11-19(12-15-37)39-23-10-13-33-16-21(23)34-28(39)42/h1-10,13,16,19,25H,11-12,14-15,17H2,(H,34,42)(H,36,41)/t25-/m0/s1. The van der Waals surface area contributed by atoms with Crippen molar-refractivity contribution >= 4 is 34.4 Å². The number of pyridine rings is 1. The molecule has 1 saturated heterocycles. The summed E-state index contributed by atoms with van der Waals surface area (Å²) in [6.07, 6.45) is -2.18. The van der Waals surface area contributed by atoms with Crippen LogP contribution < -0.4 is 15.9 Å². The lowest BCUT2D eigenvalue weighted by Gasteiger charge is -2.33. The second-order valence-electron chi connectivity index (χ2n) is 10.2. The van der Waals surface area contributed by atoms with E-state index < -0.39 is 30.8 Å². The average Bonchev–Trinajstić information content (AvgIpc) is 3.28. The van der Waals surface area contributed by atoms with Crippen LogP contribution in [0.25, 0.3) is 11.0 Å². The fraction of sp³-hybridized carbons (Fsp3) is 0.276. The number of nitrogens with zero attached hydrogens (tertiary/aromatic N) is 5. The third kappa shape index (κ3) is 5.24. The van der Waals surface area contributed by atoms with E-state index >= 15 is 0 Å². The number of carbonyl (C=O) groups excluding carboxylic acids is 2. The lowest BCUT2D eigenvalue weighted by atomic mass is 10.0. The van der Waals surface area contributed by atoms with Crippen LogP contribution in [0.2, 0.25) is 0 Å². The molecule has 2 aromatic heterocycles. The van der Waals surface area contributed by atoms with Crippen LogP contribution in [0.15, 0.2) is 82.8 Å². The van der Waals surface area contributed by atoms with Gasteiger partial charge in [-0.3, -0.25) is 19.2 Å². The van der Waals surface area contributed by atoms with Gasteiger partial charge in [-0.05, 0) is 25.0 Å². The average molecular weight is 578 g/mol. The minimum Gasteiger partial charge on any atom is -0.325 e. The maximum Gasteiger partial charge on any atom is 0.406 e. The molecule has 1 atom stereocenters. The second-order valence-corrected chi connectivity index (χ2v) is 10.2. The molecule has 0 spiro atoms. The van der Waals surface area contributed by atoms with Crippen LogP contribution >= 0.6 is 0 Å². The summed E-state index contributed by atoms with van der Waals surface area (Å²) in [7, 11) is 0. The topological polar surface area (TPSA) is 116 Å². The maximum absolute atomic E-state index is 13.7. The first-order valence-electron chi connectivity index (χ1n) is 13.4. The molecule has 2 aliphatic heterocycles. The minimum atomic E-state index is -4.69. The molecule has 13 heteroatoms. The maximum atomic E-state index is 13.7. The molecule has 0 unspecified atom stereocenters. The van der Waals surface area contributed by atoms with E-state index in [-0.39, 0.29) is 30.5 Å². The molecule has 0 radical (unpaired) electrons. The smallest absolute Gasteiger partial charge is 0.325 e. The van der Waals surface area contributed by atoms with Crippen LogP contribution in [0, 0.1) is 0 Å². The van der Waals surface area contributed by atoms with E-state index in [0.29, 0.717) is 45.6 Å². The molecule has 0 bridgehead atoms. The Morgan fingerprint density at radius 2 is 1.71 bits per heavy atom. The summed E-state index contributed by atoms with van der Waals surface area (Å²) >= 11 is 0. The summed E-state index contributed by atoms with van der Waals surface area (Å²) in [5, 5.41) is 2.58. The number of fused-ring (bicyclic) bond motifs is 2. The number of benzene rings is 2. The molecule has 2 aliphatic rings. The largest absolute Gasteiger partial charge is 0.406 e. The highest BCUT2D eigenvalue weighted by Gasteiger charge is 2.40. The van der Waals surface area contributed by atoms with Crippen molar-refractivity contribution in [3.05, 3.63) is 94.7 Å². The fourth-order valence-corrected chi connectivity index (χ4v) is 5.57. The van der Waals surface area contributed by atoms with Gasteiger partial charge in [0.1, 0.15) is 6.54 Å². The summed E-state index contributed by atoms with van der Waals surface area (Å²) in [4.78, 5) is 53.0. The fourth-order valence-electron chi connectivity index (χ4n) is 5.57. The molecule has 4 aromatic rings. The zero-order valence-electron chi connectivity index (χ0n) is 22.2. The number of amides is 3. The van der Waals surface area contributed by atoms with Gasteiger partial charge in [0.25, 0.3) is 5.91 Å². The third-order valence-corrected chi connectivity index (χ3v) is 7.49. The van der Waals surface area contributed by atoms with E-state index in [4.69, 9.17) is 0 Å². The van der Waals surface area contributed by atoms with Gasteiger partial charge in [0.15, 0.2) is 0 Å². The van der Waals surface area contributed by atoms with E-state index in [2.05, 4.69) is 20.3 Å². The molecule has 6 rings (SSSR count). The van der Waals surface area contributed by atoms with Crippen molar-refractivity contribution in [2.75, 3.05) is 24.5 Å². The number of hydrogen-bond acceptors (Lipinski definition) is 5. The molecular weight excluding hydrogens is 551 g/mol. The van der Waals surface area contributed by atoms with Gasteiger partial charge < -0.3 is 15.2 Å². The number of anilines is 1. The molecule has 2 N–H and O–H groups in total. The number of rotatable bonds is 4. The minimum absolute atomic E-state index is 0.0550. The lowest BCUT2D eigenvalue weighted by molar-refractivity contribution is -0.133. The Hall–Kier alpha value is -4.94. The lowest BCUT2D eigenvalue weighted by Crippen LogP contribution is -2.54. The van der Waals surface area contributed by atoms with Gasteiger partial charge in [-0.15, -0.1) is 0 Å². The number of urea groups is 1. The van der Waals surface area contributed by atoms with Gasteiger partial charge in [-0.25, -0.2) is 14.6 Å². The first-order chi connectivity index (χ1) is 20.2. The highest BCUT2D eigenvalue weighted by atomic mass is 19.4. The number of halogens is 3. The highest BCUT2D eigenvalue weighted by Crippen LogP contribution is 2.31. The normalized spacial score (nSPS) is 18.0. The second kappa shape index (κ2) is 10.8. The van der Waals surface area contributed by atoms with Crippen molar-refractivity contribution in [2.24, 2.45) is 4.99 Å². The van der Waals surface area contributed by atoms with Gasteiger partial charge in [0.05, 0.1) is 28.6 Å². The number of likely N-dealkylation sites (tertiary alicyclic amines) is 1. The summed E-state index contributed by atoms with van der Waals surface area (Å²) < 4.78 is 42.6. The number of para-hydroxylation sites is 1. The van der Waals surface area contributed by atoms with Gasteiger partial charge >= 0.3 is 17.9 Å². The van der Waals surface area contributed by atoms with Crippen molar-refractivity contribution in [1.82, 2.24) is 24.8 Å². The van der Waals surface area contributed by atoms with Crippen LogP contribution in [-0.2, 0) is 4.79 Å². The summed E-state index contributed by atoms with van der Waals surface area (Å²) in [6.45, 7) is -1.00. The molecule has 216 valence electrons. The Bertz CT molecular complexity index is 1720. The Labute approximate surface area is 237 Å². The van der Waals surface area contributed by atoms with Crippen molar-refractivity contribution in [3.8, 4) is 0 Å². The zero-order chi connectivity index (χ0) is 29.4. The first kappa shape index (κ1) is 27.2. The van der Waals surface area contributed by atoms with Gasteiger partial charge in [0, 0.05) is 36.5 Å². The number of aliphatic imine (C=N–C) groups is 1. The number of carbonyl (C=O) groups is 2. The molecule has 0 saturated carbocycles. The molecular formula is C29H26F3N7O3. The number of aromatic amines is 1. The first-order valence-corrected chi connectivity index (χ1v) is 13.4. The predicted molar refractivity (Wildman–Crippen MR) is 149 cm³/mol. The van der Waals surface area contributed by atoms with Crippen molar-refractivity contribution < 1.29 is 22.8 Å². The molecule has 42 heavy (non-hydrogen) atoms. The van der Waals surface area contributed by atoms with Crippen molar-refractivity contribution in [1.29, 1.82) is 0 Å². The molecule has 10 nitrogen and oxygen atoms in total. The Balaban J connectivity index is 1.26. The third-order valence-electron chi connectivity index (χ3n) is 7.49. The summed E-state index contributed by atoms with van der Waals surface area (Å²) in [5.41, 5.74) is 2.35. The quantitative estimate of drug-likeness (QED) is 0.384. The predicted octanol–water partition coefficient (Wildman–Crippen LogP) is 3.84. The van der Waals surface area contributed by atoms with Crippen LogP contribution in [0.4, 0.5) is 23.7 Å². The number of hydrogen-bond donors (Lipinski definition) is 2. The van der Waals surface area contributed by atoms with Gasteiger partial charge in [-0.2, -0.15) is 13.2 Å². The highest BCUT2D eigenvalue weighted by molar-refractivity contribution is 6.20. The van der Waals surface area contributed by atoms with E-state index in [0.717, 1.165) is 0 Å². The molecule has 0 aliphatic carbocycles. The van der Waals surface area contributed by atoms with E-state index in [1.54, 1.807) is 71.6 Å². The number of nitrogens with one attached hydrogen (secondary N) is 2. The number of imidazole rings is 1. The number of aromatic nitrogens is 3. The van der Waals surface area contributed by atoms with E-state index in [1.165, 1.54) is 11.0 Å². The molecule has 1 fully saturated rings. The van der Waals surface area contributed by atoms with Gasteiger partial charge in [0.2, 0.25) is 6.17 Å². The SMILES string of the molecule is O=C(N[C@@H]1N=C(c2ccccc2)c2ccccc2N(CC(F)(F)F)C1=O)N1CCC(n2c(=O)[nH]c3cnccc32)CC1. The number of benzodiazepines with no additional fused rings is 1.